The van der Waals surface area contributed by atoms with E-state index >= 15 is 0 Å². The third kappa shape index (κ3) is 4.96. The van der Waals surface area contributed by atoms with Crippen LogP contribution in [-0.2, 0) is 0 Å². The normalized spacial score (nSPS) is 10.8. The number of hydrazone groups is 1. The van der Waals surface area contributed by atoms with Gasteiger partial charge in [-0.2, -0.15) is 5.10 Å². The molecule has 0 bridgehead atoms. The average molecular weight is 343 g/mol. The van der Waals surface area contributed by atoms with Crippen LogP contribution in [0.25, 0.3) is 0 Å². The lowest BCUT2D eigenvalue weighted by molar-refractivity contribution is 0.373. The molecule has 2 aromatic carbocycles. The van der Waals surface area contributed by atoms with Gasteiger partial charge in [0, 0.05) is 5.69 Å². The molecule has 2 aromatic rings. The van der Waals surface area contributed by atoms with Gasteiger partial charge in [-0.25, -0.2) is 0 Å². The van der Waals surface area contributed by atoms with Gasteiger partial charge in [0.2, 0.25) is 0 Å². The topological polar surface area (TPSA) is 65.9 Å². The van der Waals surface area contributed by atoms with Crippen molar-refractivity contribution in [1.82, 2.24) is 5.43 Å². The number of ether oxygens (including phenoxy) is 1. The highest BCUT2D eigenvalue weighted by Crippen LogP contribution is 2.25. The van der Waals surface area contributed by atoms with Crippen molar-refractivity contribution >= 4 is 29.2 Å². The monoisotopic (exact) mass is 343 g/mol. The summed E-state index contributed by atoms with van der Waals surface area (Å²) in [5, 5.41) is 17.1. The van der Waals surface area contributed by atoms with Crippen LogP contribution in [0.2, 0.25) is 0 Å². The first-order valence-electron chi connectivity index (χ1n) is 7.56. The Bertz CT molecular complexity index is 728. The summed E-state index contributed by atoms with van der Waals surface area (Å²) in [5.74, 6) is 0.977. The van der Waals surface area contributed by atoms with E-state index < -0.39 is 0 Å². The summed E-state index contributed by atoms with van der Waals surface area (Å²) in [7, 11) is 1.50. The molecule has 0 aliphatic rings. The Balaban J connectivity index is 1.90. The lowest BCUT2D eigenvalue weighted by Crippen LogP contribution is -2.23. The van der Waals surface area contributed by atoms with Gasteiger partial charge < -0.3 is 15.2 Å². The van der Waals surface area contributed by atoms with Crippen LogP contribution in [0, 0.1) is 0 Å². The van der Waals surface area contributed by atoms with Crippen LogP contribution in [0.1, 0.15) is 30.9 Å². The second-order valence-corrected chi connectivity index (χ2v) is 5.94. The molecule has 0 heterocycles. The van der Waals surface area contributed by atoms with Gasteiger partial charge in [-0.05, 0) is 59.6 Å². The molecule has 0 saturated heterocycles. The van der Waals surface area contributed by atoms with Crippen LogP contribution in [0.15, 0.2) is 47.6 Å². The van der Waals surface area contributed by atoms with Crippen LogP contribution >= 0.6 is 12.2 Å². The summed E-state index contributed by atoms with van der Waals surface area (Å²) in [6.07, 6.45) is 1.60. The van der Waals surface area contributed by atoms with Gasteiger partial charge >= 0.3 is 0 Å². The minimum atomic E-state index is 0.0876. The smallest absolute Gasteiger partial charge is 0.191 e. The number of nitrogens with zero attached hydrogens (tertiary/aromatic N) is 1. The van der Waals surface area contributed by atoms with Crippen molar-refractivity contribution in [2.45, 2.75) is 19.8 Å². The highest BCUT2D eigenvalue weighted by Gasteiger charge is 2.02. The Morgan fingerprint density at radius 3 is 2.54 bits per heavy atom. The van der Waals surface area contributed by atoms with E-state index in [9.17, 15) is 5.11 Å². The van der Waals surface area contributed by atoms with E-state index in [0.29, 0.717) is 16.8 Å². The van der Waals surface area contributed by atoms with Gasteiger partial charge in [-0.15, -0.1) is 0 Å². The Hall–Kier alpha value is -2.60. The molecule has 0 unspecified atom stereocenters. The van der Waals surface area contributed by atoms with Gasteiger partial charge in [0.1, 0.15) is 0 Å². The molecular weight excluding hydrogens is 322 g/mol. The Morgan fingerprint density at radius 1 is 1.21 bits per heavy atom. The number of anilines is 1. The van der Waals surface area contributed by atoms with Crippen molar-refractivity contribution in [2.75, 3.05) is 12.4 Å². The quantitative estimate of drug-likeness (QED) is 0.437. The van der Waals surface area contributed by atoms with Crippen molar-refractivity contribution in [2.24, 2.45) is 5.10 Å². The Kier molecular flexibility index (Phi) is 6.14. The van der Waals surface area contributed by atoms with Gasteiger partial charge in [-0.3, -0.25) is 5.43 Å². The van der Waals surface area contributed by atoms with E-state index in [1.807, 2.05) is 12.1 Å². The van der Waals surface area contributed by atoms with Crippen LogP contribution < -0.4 is 15.5 Å². The summed E-state index contributed by atoms with van der Waals surface area (Å²) in [4.78, 5) is 0. The average Bonchev–Trinajstić information content (AvgIpc) is 2.56. The van der Waals surface area contributed by atoms with Gasteiger partial charge in [-0.1, -0.05) is 26.0 Å². The number of thiocarbonyl (C=S) groups is 1. The van der Waals surface area contributed by atoms with E-state index in [1.54, 1.807) is 24.4 Å². The minimum absolute atomic E-state index is 0.0876. The standard InChI is InChI=1S/C18H21N3O2S/c1-12(2)14-5-7-15(8-6-14)20-18(24)21-19-11-13-4-9-16(22)17(10-13)23-3/h4-12,22H,1-3H3,(H2,20,21,24)/b19-11-. The molecule has 0 fully saturated rings. The maximum absolute atomic E-state index is 9.55. The molecule has 126 valence electrons. The van der Waals surface area contributed by atoms with Gasteiger partial charge in [0.15, 0.2) is 16.6 Å². The highest BCUT2D eigenvalue weighted by molar-refractivity contribution is 7.80. The predicted octanol–water partition coefficient (Wildman–Crippen LogP) is 3.84. The lowest BCUT2D eigenvalue weighted by atomic mass is 10.0. The van der Waals surface area contributed by atoms with E-state index in [-0.39, 0.29) is 5.75 Å². The van der Waals surface area contributed by atoms with Crippen molar-refractivity contribution in [3.8, 4) is 11.5 Å². The first kappa shape index (κ1) is 17.7. The summed E-state index contributed by atoms with van der Waals surface area (Å²) in [6, 6.07) is 13.1. The second kappa shape index (κ2) is 8.31. The highest BCUT2D eigenvalue weighted by atomic mass is 32.1. The summed E-state index contributed by atoms with van der Waals surface area (Å²) < 4.78 is 5.05. The fourth-order valence-corrected chi connectivity index (χ4v) is 2.22. The molecule has 0 aromatic heterocycles. The Morgan fingerprint density at radius 2 is 1.92 bits per heavy atom. The first-order chi connectivity index (χ1) is 11.5. The molecule has 0 atom stereocenters. The molecular formula is C18H21N3O2S. The molecule has 5 nitrogen and oxygen atoms in total. The number of benzene rings is 2. The van der Waals surface area contributed by atoms with Crippen LogP contribution in [0.5, 0.6) is 11.5 Å². The molecule has 0 spiro atoms. The maximum atomic E-state index is 9.55. The zero-order chi connectivity index (χ0) is 17.5. The third-order valence-corrected chi connectivity index (χ3v) is 3.61. The maximum Gasteiger partial charge on any atom is 0.191 e. The fourth-order valence-electron chi connectivity index (χ4n) is 2.05. The van der Waals surface area contributed by atoms with Crippen LogP contribution in [-0.4, -0.2) is 23.5 Å². The van der Waals surface area contributed by atoms with Crippen LogP contribution in [0.3, 0.4) is 0 Å². The summed E-state index contributed by atoms with van der Waals surface area (Å²) in [6.45, 7) is 4.31. The number of methoxy groups -OCH3 is 1. The molecule has 0 saturated carbocycles. The van der Waals surface area contributed by atoms with Crippen molar-refractivity contribution in [1.29, 1.82) is 0 Å². The molecule has 24 heavy (non-hydrogen) atoms. The molecule has 0 amide bonds. The lowest BCUT2D eigenvalue weighted by Gasteiger charge is -2.09. The van der Waals surface area contributed by atoms with Gasteiger partial charge in [0.25, 0.3) is 0 Å². The minimum Gasteiger partial charge on any atom is -0.504 e. The second-order valence-electron chi connectivity index (χ2n) is 5.53. The number of phenolic OH excluding ortho intramolecular Hbond substituents is 1. The fraction of sp³-hybridized carbons (Fsp3) is 0.222. The Labute approximate surface area is 147 Å². The zero-order valence-electron chi connectivity index (χ0n) is 13.9. The van der Waals surface area contributed by atoms with E-state index in [2.05, 4.69) is 41.8 Å². The number of phenols is 1. The molecule has 3 N–H and O–H groups in total. The number of nitrogens with one attached hydrogen (secondary N) is 2. The molecule has 0 aliphatic carbocycles. The predicted molar refractivity (Wildman–Crippen MR) is 102 cm³/mol. The molecule has 2 rings (SSSR count). The first-order valence-corrected chi connectivity index (χ1v) is 7.97. The van der Waals surface area contributed by atoms with Crippen molar-refractivity contribution < 1.29 is 9.84 Å². The third-order valence-electron chi connectivity index (χ3n) is 3.42. The van der Waals surface area contributed by atoms with Crippen molar-refractivity contribution in [3.63, 3.8) is 0 Å². The molecule has 6 heteroatoms. The number of hydrogen-bond acceptors (Lipinski definition) is 4. The van der Waals surface area contributed by atoms with Crippen LogP contribution in [0.4, 0.5) is 5.69 Å². The van der Waals surface area contributed by atoms with Crippen molar-refractivity contribution in [3.05, 3.63) is 53.6 Å². The van der Waals surface area contributed by atoms with Gasteiger partial charge in [0.05, 0.1) is 13.3 Å². The SMILES string of the molecule is COc1cc(/C=N\NC(=S)Nc2ccc(C(C)C)cc2)ccc1O. The largest absolute Gasteiger partial charge is 0.504 e. The van der Waals surface area contributed by atoms with E-state index in [1.165, 1.54) is 12.7 Å². The zero-order valence-corrected chi connectivity index (χ0v) is 14.7. The summed E-state index contributed by atoms with van der Waals surface area (Å²) >= 11 is 5.20. The number of hydrogen-bond donors (Lipinski definition) is 3. The van der Waals surface area contributed by atoms with E-state index in [0.717, 1.165) is 11.3 Å². The number of aromatic hydroxyl groups is 1. The molecule has 0 aliphatic heterocycles. The number of rotatable bonds is 5. The van der Waals surface area contributed by atoms with E-state index in [4.69, 9.17) is 17.0 Å². The molecule has 0 radical (unpaired) electrons. The summed E-state index contributed by atoms with van der Waals surface area (Å²) in [5.41, 5.74) is 5.71.